The van der Waals surface area contributed by atoms with Crippen LogP contribution >= 0.6 is 0 Å². The molecule has 1 heterocycles. The molecule has 0 N–H and O–H groups in total. The van der Waals surface area contributed by atoms with Gasteiger partial charge in [-0.15, -0.1) is 0 Å². The maximum atomic E-state index is 12.4. The molecule has 0 aliphatic rings. The van der Waals surface area contributed by atoms with Gasteiger partial charge in [-0.25, -0.2) is 0 Å². The Hall–Kier alpha value is -2.94. The van der Waals surface area contributed by atoms with E-state index in [-0.39, 0.29) is 5.78 Å². The first-order valence-electron chi connectivity index (χ1n) is 6.99. The van der Waals surface area contributed by atoms with Crippen molar-refractivity contribution in [2.75, 3.05) is 7.11 Å². The van der Waals surface area contributed by atoms with E-state index in [0.29, 0.717) is 11.3 Å². The average Bonchev–Trinajstić information content (AvgIpc) is 2.59. The molecule has 0 amide bonds. The number of methoxy groups -OCH3 is 1. The second kappa shape index (κ2) is 6.22. The van der Waals surface area contributed by atoms with E-state index >= 15 is 0 Å². The topological polar surface area (TPSA) is 39.2 Å². The van der Waals surface area contributed by atoms with E-state index in [1.165, 1.54) is 0 Å². The summed E-state index contributed by atoms with van der Waals surface area (Å²) in [6.07, 6.45) is 5.13. The van der Waals surface area contributed by atoms with Gasteiger partial charge in [-0.1, -0.05) is 36.4 Å². The van der Waals surface area contributed by atoms with Gasteiger partial charge in [0.25, 0.3) is 0 Å². The van der Waals surface area contributed by atoms with Gasteiger partial charge < -0.3 is 4.74 Å². The van der Waals surface area contributed by atoms with Gasteiger partial charge in [0, 0.05) is 11.6 Å². The lowest BCUT2D eigenvalue weighted by molar-refractivity contribution is 0.104. The first-order valence-corrected chi connectivity index (χ1v) is 6.99. The van der Waals surface area contributed by atoms with Crippen molar-refractivity contribution in [3.8, 4) is 5.75 Å². The van der Waals surface area contributed by atoms with Gasteiger partial charge in [-0.3, -0.25) is 9.78 Å². The van der Waals surface area contributed by atoms with E-state index in [2.05, 4.69) is 4.98 Å². The third-order valence-corrected chi connectivity index (χ3v) is 3.47. The van der Waals surface area contributed by atoms with Crippen LogP contribution in [0, 0.1) is 0 Å². The normalized spacial score (nSPS) is 11.0. The van der Waals surface area contributed by atoms with Crippen molar-refractivity contribution in [3.05, 3.63) is 78.0 Å². The second-order valence-electron chi connectivity index (χ2n) is 4.82. The van der Waals surface area contributed by atoms with Crippen LogP contribution in [0.4, 0.5) is 0 Å². The molecule has 0 unspecified atom stereocenters. The number of allylic oxidation sites excluding steroid dienone is 1. The van der Waals surface area contributed by atoms with Crippen LogP contribution in [0.1, 0.15) is 15.9 Å². The molecule has 2 aromatic carbocycles. The third kappa shape index (κ3) is 2.74. The Labute approximate surface area is 128 Å². The lowest BCUT2D eigenvalue weighted by Gasteiger charge is -2.04. The number of benzene rings is 2. The van der Waals surface area contributed by atoms with Crippen molar-refractivity contribution in [2.45, 2.75) is 0 Å². The minimum atomic E-state index is -0.0849. The summed E-state index contributed by atoms with van der Waals surface area (Å²) in [4.78, 5) is 16.7. The zero-order valence-electron chi connectivity index (χ0n) is 12.2. The molecule has 3 heteroatoms. The zero-order chi connectivity index (χ0) is 15.4. The maximum Gasteiger partial charge on any atom is 0.189 e. The molecular formula is C19H15NO2. The smallest absolute Gasteiger partial charge is 0.189 e. The summed E-state index contributed by atoms with van der Waals surface area (Å²) < 4.78 is 5.22. The summed E-state index contributed by atoms with van der Waals surface area (Å²) in [6.45, 7) is 0. The minimum Gasteiger partial charge on any atom is -0.496 e. The number of ether oxygens (including phenoxy) is 1. The van der Waals surface area contributed by atoms with Gasteiger partial charge in [0.15, 0.2) is 5.78 Å². The van der Waals surface area contributed by atoms with E-state index in [1.54, 1.807) is 31.5 Å². The van der Waals surface area contributed by atoms with Gasteiger partial charge >= 0.3 is 0 Å². The summed E-state index contributed by atoms with van der Waals surface area (Å²) in [5, 5.41) is 1.02. The monoisotopic (exact) mass is 289 g/mol. The average molecular weight is 289 g/mol. The Morgan fingerprint density at radius 2 is 1.82 bits per heavy atom. The molecule has 1 aromatic heterocycles. The SMILES string of the molecule is COc1ccccc1C(=O)/C=C/c1ccnc2ccccc12. The summed E-state index contributed by atoms with van der Waals surface area (Å²) in [6, 6.07) is 17.0. The highest BCUT2D eigenvalue weighted by Crippen LogP contribution is 2.20. The van der Waals surface area contributed by atoms with Gasteiger partial charge in [-0.2, -0.15) is 0 Å². The van der Waals surface area contributed by atoms with Crippen LogP contribution in [0.15, 0.2) is 66.9 Å². The molecule has 3 rings (SSSR count). The van der Waals surface area contributed by atoms with Crippen LogP contribution in [0.5, 0.6) is 5.75 Å². The van der Waals surface area contributed by atoms with Crippen LogP contribution in [-0.4, -0.2) is 17.9 Å². The number of carbonyl (C=O) groups excluding carboxylic acids is 1. The fraction of sp³-hybridized carbons (Fsp3) is 0.0526. The number of ketones is 1. The van der Waals surface area contributed by atoms with Gasteiger partial charge in [0.05, 0.1) is 18.2 Å². The second-order valence-corrected chi connectivity index (χ2v) is 4.82. The highest BCUT2D eigenvalue weighted by atomic mass is 16.5. The number of hydrogen-bond acceptors (Lipinski definition) is 3. The van der Waals surface area contributed by atoms with E-state index in [1.807, 2.05) is 48.5 Å². The maximum absolute atomic E-state index is 12.4. The molecule has 0 atom stereocenters. The zero-order valence-corrected chi connectivity index (χ0v) is 12.2. The number of para-hydroxylation sites is 2. The third-order valence-electron chi connectivity index (χ3n) is 3.47. The Morgan fingerprint density at radius 1 is 1.05 bits per heavy atom. The molecular weight excluding hydrogens is 274 g/mol. The summed E-state index contributed by atoms with van der Waals surface area (Å²) in [7, 11) is 1.56. The van der Waals surface area contributed by atoms with Crippen LogP contribution in [-0.2, 0) is 0 Å². The molecule has 3 nitrogen and oxygen atoms in total. The molecule has 0 bridgehead atoms. The highest BCUT2D eigenvalue weighted by Gasteiger charge is 2.08. The van der Waals surface area contributed by atoms with Crippen molar-refractivity contribution in [2.24, 2.45) is 0 Å². The van der Waals surface area contributed by atoms with Crippen molar-refractivity contribution in [1.29, 1.82) is 0 Å². The molecule has 0 aliphatic heterocycles. The Bertz CT molecular complexity index is 847. The van der Waals surface area contributed by atoms with E-state index in [0.717, 1.165) is 16.5 Å². The number of pyridine rings is 1. The number of carbonyl (C=O) groups is 1. The minimum absolute atomic E-state index is 0.0849. The number of rotatable bonds is 4. The predicted molar refractivity (Wildman–Crippen MR) is 88.1 cm³/mol. The molecule has 0 spiro atoms. The summed E-state index contributed by atoms with van der Waals surface area (Å²) in [5.41, 5.74) is 2.43. The highest BCUT2D eigenvalue weighted by molar-refractivity contribution is 6.09. The number of nitrogens with zero attached hydrogens (tertiary/aromatic N) is 1. The van der Waals surface area contributed by atoms with E-state index in [4.69, 9.17) is 4.74 Å². The largest absolute Gasteiger partial charge is 0.496 e. The van der Waals surface area contributed by atoms with E-state index in [9.17, 15) is 4.79 Å². The fourth-order valence-electron chi connectivity index (χ4n) is 2.37. The van der Waals surface area contributed by atoms with Crippen LogP contribution in [0.2, 0.25) is 0 Å². The number of fused-ring (bicyclic) bond motifs is 1. The first-order chi connectivity index (χ1) is 10.8. The fourth-order valence-corrected chi connectivity index (χ4v) is 2.37. The van der Waals surface area contributed by atoms with Crippen molar-refractivity contribution in [1.82, 2.24) is 4.98 Å². The predicted octanol–water partition coefficient (Wildman–Crippen LogP) is 4.14. The molecule has 0 saturated heterocycles. The number of hydrogen-bond donors (Lipinski definition) is 0. The van der Waals surface area contributed by atoms with E-state index < -0.39 is 0 Å². The molecule has 0 fully saturated rings. The van der Waals surface area contributed by atoms with Crippen LogP contribution < -0.4 is 4.74 Å². The Morgan fingerprint density at radius 3 is 2.68 bits per heavy atom. The lowest BCUT2D eigenvalue weighted by Crippen LogP contribution is -1.98. The quantitative estimate of drug-likeness (QED) is 0.535. The molecule has 0 aliphatic carbocycles. The molecule has 0 radical (unpaired) electrons. The molecule has 0 saturated carbocycles. The standard InChI is InChI=1S/C19H15NO2/c1-22-19-9-5-3-7-16(19)18(21)11-10-14-12-13-20-17-8-4-2-6-15(14)17/h2-13H,1H3/b11-10+. The van der Waals surface area contributed by atoms with Crippen LogP contribution in [0.25, 0.3) is 17.0 Å². The summed E-state index contributed by atoms with van der Waals surface area (Å²) >= 11 is 0. The van der Waals surface area contributed by atoms with Gasteiger partial charge in [0.1, 0.15) is 5.75 Å². The van der Waals surface area contributed by atoms with Crippen molar-refractivity contribution >= 4 is 22.8 Å². The van der Waals surface area contributed by atoms with Crippen LogP contribution in [0.3, 0.4) is 0 Å². The van der Waals surface area contributed by atoms with Crippen molar-refractivity contribution < 1.29 is 9.53 Å². The van der Waals surface area contributed by atoms with Crippen molar-refractivity contribution in [3.63, 3.8) is 0 Å². The Kier molecular flexibility index (Phi) is 3.97. The molecule has 3 aromatic rings. The lowest BCUT2D eigenvalue weighted by atomic mass is 10.1. The molecule has 108 valence electrons. The Balaban J connectivity index is 1.94. The first kappa shape index (κ1) is 14.0. The number of aromatic nitrogens is 1. The summed E-state index contributed by atoms with van der Waals surface area (Å²) in [5.74, 6) is 0.495. The van der Waals surface area contributed by atoms with Gasteiger partial charge in [0.2, 0.25) is 0 Å². The molecule has 22 heavy (non-hydrogen) atoms. The van der Waals surface area contributed by atoms with Gasteiger partial charge in [-0.05, 0) is 35.9 Å².